The van der Waals surface area contributed by atoms with Crippen molar-refractivity contribution in [3.05, 3.63) is 42.5 Å². The van der Waals surface area contributed by atoms with Crippen LogP contribution in [0.4, 0.5) is 0 Å². The molecular formula is C10H8N2O4. The number of aliphatic hydroxyl groups excluding tert-OH is 1. The number of carbonyl (C=O) groups excluding carboxylic acids is 1. The molecule has 0 saturated heterocycles. The number of allylic oxidation sites excluding steroid dienone is 1. The maximum Gasteiger partial charge on any atom is 0.316 e. The fourth-order valence-electron chi connectivity index (χ4n) is 1.15. The van der Waals surface area contributed by atoms with Crippen molar-refractivity contribution >= 4 is 11.6 Å². The lowest BCUT2D eigenvalue weighted by atomic mass is 10.2. The zero-order valence-electron chi connectivity index (χ0n) is 8.16. The Kier molecular flexibility index (Phi) is 2.81. The van der Waals surface area contributed by atoms with Gasteiger partial charge in [-0.3, -0.25) is 4.79 Å². The van der Waals surface area contributed by atoms with Gasteiger partial charge < -0.3 is 14.3 Å². The predicted molar refractivity (Wildman–Crippen MR) is 53.7 cm³/mol. The Morgan fingerprint density at radius 3 is 2.88 bits per heavy atom. The Morgan fingerprint density at radius 2 is 2.31 bits per heavy atom. The van der Waals surface area contributed by atoms with E-state index in [1.54, 1.807) is 18.3 Å². The Morgan fingerprint density at radius 1 is 1.44 bits per heavy atom. The van der Waals surface area contributed by atoms with Gasteiger partial charge in [-0.15, -0.1) is 0 Å². The monoisotopic (exact) mass is 220 g/mol. The minimum absolute atomic E-state index is 0.206. The number of aromatic nitrogens is 1. The molecule has 0 spiro atoms. The average Bonchev–Trinajstić information content (AvgIpc) is 2.93. The van der Waals surface area contributed by atoms with Crippen molar-refractivity contribution in [3.8, 4) is 0 Å². The smallest absolute Gasteiger partial charge is 0.316 e. The van der Waals surface area contributed by atoms with Crippen LogP contribution >= 0.6 is 0 Å². The van der Waals surface area contributed by atoms with Crippen LogP contribution < -0.4 is 0 Å². The van der Waals surface area contributed by atoms with Crippen LogP contribution in [0.2, 0.25) is 0 Å². The summed E-state index contributed by atoms with van der Waals surface area (Å²) in [6.45, 7) is 0.381. The van der Waals surface area contributed by atoms with Crippen LogP contribution in [0.25, 0.3) is 0 Å². The average molecular weight is 220 g/mol. The number of aliphatic hydroxyl groups is 1. The van der Waals surface area contributed by atoms with E-state index in [1.165, 1.54) is 12.7 Å². The summed E-state index contributed by atoms with van der Waals surface area (Å²) < 4.78 is 9.45. The van der Waals surface area contributed by atoms with Crippen LogP contribution in [0, 0.1) is 0 Å². The molecule has 1 aromatic heterocycles. The summed E-state index contributed by atoms with van der Waals surface area (Å²) in [5.74, 6) is -0.802. The van der Waals surface area contributed by atoms with Crippen molar-refractivity contribution in [1.29, 1.82) is 0 Å². The van der Waals surface area contributed by atoms with Gasteiger partial charge in [-0.1, -0.05) is 0 Å². The zero-order valence-corrected chi connectivity index (χ0v) is 8.16. The first kappa shape index (κ1) is 10.2. The summed E-state index contributed by atoms with van der Waals surface area (Å²) in [5.41, 5.74) is 0.416. The number of fused-ring (bicyclic) bond motifs is 1. The lowest BCUT2D eigenvalue weighted by molar-refractivity contribution is -0.116. The van der Waals surface area contributed by atoms with Crippen molar-refractivity contribution in [2.75, 3.05) is 6.61 Å². The number of nitrogens with zero attached hydrogens (tertiary/aromatic N) is 2. The van der Waals surface area contributed by atoms with Crippen LogP contribution in [-0.2, 0) is 9.53 Å². The predicted octanol–water partition coefficient (Wildman–Crippen LogP) is 0.998. The number of carbonyl (C=O) groups is 1. The summed E-state index contributed by atoms with van der Waals surface area (Å²) in [6, 6.07) is 0. The second kappa shape index (κ2) is 4.43. The molecule has 2 aliphatic rings. The van der Waals surface area contributed by atoms with E-state index in [0.29, 0.717) is 12.3 Å². The molecule has 1 N–H and O–H groups in total. The highest BCUT2D eigenvalue weighted by atomic mass is 16.5. The van der Waals surface area contributed by atoms with Crippen molar-refractivity contribution in [2.24, 2.45) is 4.99 Å². The summed E-state index contributed by atoms with van der Waals surface area (Å²) in [7, 11) is 0. The van der Waals surface area contributed by atoms with Crippen LogP contribution in [0.3, 0.4) is 0 Å². The molecule has 0 aromatic carbocycles. The number of hydrogen-bond donors (Lipinski definition) is 1. The van der Waals surface area contributed by atoms with E-state index in [4.69, 9.17) is 9.84 Å². The quantitative estimate of drug-likeness (QED) is 0.704. The number of amides is 1. The van der Waals surface area contributed by atoms with Crippen LogP contribution in [0.15, 0.2) is 51.9 Å². The molecule has 0 saturated carbocycles. The van der Waals surface area contributed by atoms with Crippen molar-refractivity contribution in [3.63, 3.8) is 0 Å². The third-order valence-electron chi connectivity index (χ3n) is 1.82. The molecule has 0 atom stereocenters. The minimum Gasteiger partial charge on any atom is -0.500 e. The van der Waals surface area contributed by atoms with E-state index in [2.05, 4.69) is 14.4 Å². The van der Waals surface area contributed by atoms with Gasteiger partial charge in [0.2, 0.25) is 5.76 Å². The number of aliphatic imine (C=N–C) groups is 1. The van der Waals surface area contributed by atoms with E-state index in [9.17, 15) is 4.79 Å². The first-order valence-electron chi connectivity index (χ1n) is 4.47. The lowest BCUT2D eigenvalue weighted by Crippen LogP contribution is -2.08. The van der Waals surface area contributed by atoms with Gasteiger partial charge in [0.15, 0.2) is 12.2 Å². The molecule has 2 aliphatic heterocycles. The van der Waals surface area contributed by atoms with Gasteiger partial charge in [0, 0.05) is 0 Å². The Bertz CT molecular complexity index is 454. The molecule has 0 aliphatic carbocycles. The molecule has 1 amide bonds. The van der Waals surface area contributed by atoms with E-state index in [0.717, 1.165) is 0 Å². The molecular weight excluding hydrogens is 212 g/mol. The highest BCUT2D eigenvalue weighted by molar-refractivity contribution is 6.21. The highest BCUT2D eigenvalue weighted by Gasteiger charge is 2.27. The molecule has 0 unspecified atom stereocenters. The maximum atomic E-state index is 10.7. The normalized spacial score (nSPS) is 17.2. The molecule has 6 nitrogen and oxygen atoms in total. The first-order valence-corrected chi connectivity index (χ1v) is 4.47. The van der Waals surface area contributed by atoms with Gasteiger partial charge in [0.05, 0.1) is 6.20 Å². The number of oxazole rings is 1. The molecule has 0 fully saturated rings. The standard InChI is InChI=1S/C7H5NO3.C3H3NO/c9-5-6-4(8-7(5)10)2-1-3-11-6;1-2-5-3-4-1/h1-2H,3H2,(H,8,9,10);1-3H. The summed E-state index contributed by atoms with van der Waals surface area (Å²) in [4.78, 5) is 17.8. The molecule has 0 bridgehead atoms. The third kappa shape index (κ3) is 2.00. The van der Waals surface area contributed by atoms with E-state index in [-0.39, 0.29) is 11.5 Å². The fourth-order valence-corrected chi connectivity index (χ4v) is 1.15. The Hall–Kier alpha value is -2.37. The van der Waals surface area contributed by atoms with E-state index in [1.807, 2.05) is 0 Å². The van der Waals surface area contributed by atoms with Gasteiger partial charge in [-0.2, -0.15) is 0 Å². The van der Waals surface area contributed by atoms with Crippen LogP contribution in [0.1, 0.15) is 0 Å². The Labute approximate surface area is 90.6 Å². The van der Waals surface area contributed by atoms with Crippen LogP contribution in [-0.4, -0.2) is 28.3 Å². The summed E-state index contributed by atoms with van der Waals surface area (Å²) in [5, 5.41) is 9.05. The molecule has 3 rings (SSSR count). The van der Waals surface area contributed by atoms with Gasteiger partial charge in [0.25, 0.3) is 0 Å². The first-order chi connectivity index (χ1) is 7.79. The second-order valence-electron chi connectivity index (χ2n) is 2.87. The topological polar surface area (TPSA) is 84.9 Å². The SMILES string of the molecule is O=C1N=C2C=CCOC2=C1O.c1cocn1. The lowest BCUT2D eigenvalue weighted by Gasteiger charge is -2.08. The number of hydrogen-bond acceptors (Lipinski definition) is 5. The minimum atomic E-state index is -0.624. The Balaban J connectivity index is 0.000000162. The fraction of sp³-hybridized carbons (Fsp3) is 0.100. The van der Waals surface area contributed by atoms with E-state index < -0.39 is 5.91 Å². The number of rotatable bonds is 0. The van der Waals surface area contributed by atoms with Gasteiger partial charge >= 0.3 is 5.91 Å². The molecule has 6 heteroatoms. The number of ether oxygens (including phenoxy) is 1. The molecule has 16 heavy (non-hydrogen) atoms. The second-order valence-corrected chi connectivity index (χ2v) is 2.87. The van der Waals surface area contributed by atoms with E-state index >= 15 is 0 Å². The van der Waals surface area contributed by atoms with Crippen LogP contribution in [0.5, 0.6) is 0 Å². The molecule has 3 heterocycles. The molecule has 0 radical (unpaired) electrons. The van der Waals surface area contributed by atoms with Gasteiger partial charge in [-0.25, -0.2) is 9.98 Å². The largest absolute Gasteiger partial charge is 0.500 e. The van der Waals surface area contributed by atoms with Gasteiger partial charge in [0.1, 0.15) is 18.6 Å². The maximum absolute atomic E-state index is 10.7. The molecule has 82 valence electrons. The molecule has 1 aromatic rings. The summed E-state index contributed by atoms with van der Waals surface area (Å²) >= 11 is 0. The van der Waals surface area contributed by atoms with Gasteiger partial charge in [-0.05, 0) is 12.2 Å². The summed E-state index contributed by atoms with van der Waals surface area (Å²) in [6.07, 6.45) is 7.86. The van der Waals surface area contributed by atoms with Crippen molar-refractivity contribution in [1.82, 2.24) is 4.98 Å². The zero-order chi connectivity index (χ0) is 11.4. The van der Waals surface area contributed by atoms with Crippen molar-refractivity contribution < 1.29 is 19.1 Å². The third-order valence-corrected chi connectivity index (χ3v) is 1.82. The highest BCUT2D eigenvalue weighted by Crippen LogP contribution is 2.19. The van der Waals surface area contributed by atoms with Crippen molar-refractivity contribution in [2.45, 2.75) is 0 Å².